The number of nitrogens with one attached hydrogen (secondary N) is 2. The monoisotopic (exact) mass is 406 g/mol. The van der Waals surface area contributed by atoms with Crippen molar-refractivity contribution in [2.24, 2.45) is 5.92 Å². The lowest BCUT2D eigenvalue weighted by molar-refractivity contribution is -0.137. The fraction of sp³-hybridized carbons (Fsp3) is 0.364. The van der Waals surface area contributed by atoms with Gasteiger partial charge in [0.25, 0.3) is 5.91 Å². The fourth-order valence-corrected chi connectivity index (χ4v) is 2.92. The van der Waals surface area contributed by atoms with Gasteiger partial charge in [0.1, 0.15) is 0 Å². The van der Waals surface area contributed by atoms with Gasteiger partial charge in [-0.1, -0.05) is 38.1 Å². The normalized spacial score (nSPS) is 12.5. The maximum atomic E-state index is 13.1. The molecule has 1 unspecified atom stereocenters. The minimum absolute atomic E-state index is 0.149. The molecule has 0 aliphatic heterocycles. The molecule has 2 aromatic rings. The van der Waals surface area contributed by atoms with E-state index < -0.39 is 17.8 Å². The van der Waals surface area contributed by atoms with E-state index in [1.165, 1.54) is 13.0 Å². The fourth-order valence-electron chi connectivity index (χ4n) is 2.92. The van der Waals surface area contributed by atoms with E-state index in [-0.39, 0.29) is 17.7 Å². The highest BCUT2D eigenvalue weighted by Gasteiger charge is 2.31. The number of hydrogen-bond donors (Lipinski definition) is 2. The molecule has 2 rings (SSSR count). The SMILES string of the molecule is CC(=O)NCc1ccc(C(=O)NC(CC(C)C)c2cccc(C(F)(F)F)c2)cc1. The number of carbonyl (C=O) groups is 2. The summed E-state index contributed by atoms with van der Waals surface area (Å²) in [5.74, 6) is -0.335. The molecule has 0 saturated heterocycles. The van der Waals surface area contributed by atoms with Crippen LogP contribution in [0.15, 0.2) is 48.5 Å². The summed E-state index contributed by atoms with van der Waals surface area (Å²) < 4.78 is 39.2. The number of hydrogen-bond acceptors (Lipinski definition) is 2. The minimum Gasteiger partial charge on any atom is -0.352 e. The summed E-state index contributed by atoms with van der Waals surface area (Å²) in [5.41, 5.74) is 0.926. The Hall–Kier alpha value is -2.83. The van der Waals surface area contributed by atoms with Crippen molar-refractivity contribution >= 4 is 11.8 Å². The molecular weight excluding hydrogens is 381 g/mol. The Kier molecular flexibility index (Phi) is 7.42. The predicted octanol–water partition coefficient (Wildman–Crippen LogP) is 4.86. The third-order valence-corrected chi connectivity index (χ3v) is 4.39. The van der Waals surface area contributed by atoms with E-state index in [2.05, 4.69) is 10.6 Å². The topological polar surface area (TPSA) is 58.2 Å². The molecule has 0 bridgehead atoms. The van der Waals surface area contributed by atoms with Crippen LogP contribution >= 0.6 is 0 Å². The molecule has 29 heavy (non-hydrogen) atoms. The van der Waals surface area contributed by atoms with Crippen molar-refractivity contribution in [3.8, 4) is 0 Å². The van der Waals surface area contributed by atoms with Crippen molar-refractivity contribution in [2.75, 3.05) is 0 Å². The van der Waals surface area contributed by atoms with Crippen LogP contribution in [-0.2, 0) is 17.5 Å². The number of amides is 2. The van der Waals surface area contributed by atoms with E-state index in [0.29, 0.717) is 24.1 Å². The van der Waals surface area contributed by atoms with Crippen LogP contribution in [0, 0.1) is 5.92 Å². The summed E-state index contributed by atoms with van der Waals surface area (Å²) in [7, 11) is 0. The third-order valence-electron chi connectivity index (χ3n) is 4.39. The molecule has 4 nitrogen and oxygen atoms in total. The second-order valence-electron chi connectivity index (χ2n) is 7.39. The Morgan fingerprint density at radius 1 is 1.03 bits per heavy atom. The molecular formula is C22H25F3N2O2. The molecule has 0 saturated carbocycles. The summed E-state index contributed by atoms with van der Waals surface area (Å²) in [6.07, 6.45) is -3.93. The smallest absolute Gasteiger partial charge is 0.352 e. The average Bonchev–Trinajstić information content (AvgIpc) is 2.65. The highest BCUT2D eigenvalue weighted by atomic mass is 19.4. The summed E-state index contributed by atoms with van der Waals surface area (Å²) in [4.78, 5) is 23.6. The number of carbonyl (C=O) groups excluding carboxylic acids is 2. The van der Waals surface area contributed by atoms with Crippen molar-refractivity contribution in [1.82, 2.24) is 10.6 Å². The van der Waals surface area contributed by atoms with E-state index in [1.807, 2.05) is 13.8 Å². The molecule has 7 heteroatoms. The van der Waals surface area contributed by atoms with Crippen LogP contribution in [0.3, 0.4) is 0 Å². The van der Waals surface area contributed by atoms with Gasteiger partial charge in [-0.15, -0.1) is 0 Å². The van der Waals surface area contributed by atoms with Gasteiger partial charge in [-0.3, -0.25) is 9.59 Å². The van der Waals surface area contributed by atoms with E-state index in [4.69, 9.17) is 0 Å². The number of alkyl halides is 3. The van der Waals surface area contributed by atoms with Crippen molar-refractivity contribution in [3.05, 3.63) is 70.8 Å². The summed E-state index contributed by atoms with van der Waals surface area (Å²) >= 11 is 0. The Balaban J connectivity index is 2.18. The lowest BCUT2D eigenvalue weighted by atomic mass is 9.95. The molecule has 0 radical (unpaired) electrons. The number of rotatable bonds is 7. The summed E-state index contributed by atoms with van der Waals surface area (Å²) in [6.45, 7) is 5.68. The zero-order chi connectivity index (χ0) is 21.6. The van der Waals surface area contributed by atoms with Crippen molar-refractivity contribution in [1.29, 1.82) is 0 Å². The van der Waals surface area contributed by atoms with Crippen LogP contribution in [0.1, 0.15) is 60.3 Å². The third kappa shape index (κ3) is 6.93. The molecule has 156 valence electrons. The van der Waals surface area contributed by atoms with Gasteiger partial charge < -0.3 is 10.6 Å². The molecule has 2 aromatic carbocycles. The quantitative estimate of drug-likeness (QED) is 0.690. The van der Waals surface area contributed by atoms with Crippen LogP contribution in [0.5, 0.6) is 0 Å². The number of benzene rings is 2. The Labute approximate surface area is 168 Å². The first-order chi connectivity index (χ1) is 13.6. The Morgan fingerprint density at radius 2 is 1.69 bits per heavy atom. The van der Waals surface area contributed by atoms with Crippen LogP contribution < -0.4 is 10.6 Å². The van der Waals surface area contributed by atoms with Crippen LogP contribution in [0.2, 0.25) is 0 Å². The Morgan fingerprint density at radius 3 is 2.24 bits per heavy atom. The molecule has 0 aliphatic rings. The second kappa shape index (κ2) is 9.58. The van der Waals surface area contributed by atoms with E-state index >= 15 is 0 Å². The van der Waals surface area contributed by atoms with Crippen LogP contribution in [0.25, 0.3) is 0 Å². The predicted molar refractivity (Wildman–Crippen MR) is 105 cm³/mol. The molecule has 0 fully saturated rings. The highest BCUT2D eigenvalue weighted by Crippen LogP contribution is 2.32. The average molecular weight is 406 g/mol. The lowest BCUT2D eigenvalue weighted by Crippen LogP contribution is -2.29. The van der Waals surface area contributed by atoms with Gasteiger partial charge in [0.05, 0.1) is 11.6 Å². The molecule has 0 aliphatic carbocycles. The summed E-state index contributed by atoms with van der Waals surface area (Å²) in [5, 5.41) is 5.53. The van der Waals surface area contributed by atoms with Gasteiger partial charge in [-0.25, -0.2) is 0 Å². The van der Waals surface area contributed by atoms with E-state index in [0.717, 1.165) is 17.7 Å². The molecule has 2 amide bonds. The van der Waals surface area contributed by atoms with Crippen LogP contribution in [0.4, 0.5) is 13.2 Å². The van der Waals surface area contributed by atoms with Gasteiger partial charge in [0.15, 0.2) is 0 Å². The van der Waals surface area contributed by atoms with E-state index in [9.17, 15) is 22.8 Å². The first-order valence-electron chi connectivity index (χ1n) is 9.37. The highest BCUT2D eigenvalue weighted by molar-refractivity contribution is 5.94. The maximum absolute atomic E-state index is 13.1. The zero-order valence-corrected chi connectivity index (χ0v) is 16.6. The van der Waals surface area contributed by atoms with E-state index in [1.54, 1.807) is 30.3 Å². The van der Waals surface area contributed by atoms with Gasteiger partial charge in [-0.2, -0.15) is 13.2 Å². The van der Waals surface area contributed by atoms with Gasteiger partial charge in [0, 0.05) is 19.0 Å². The first-order valence-corrected chi connectivity index (χ1v) is 9.37. The Bertz CT molecular complexity index is 846. The molecule has 0 heterocycles. The molecule has 0 aromatic heterocycles. The van der Waals surface area contributed by atoms with Crippen molar-refractivity contribution < 1.29 is 22.8 Å². The van der Waals surface area contributed by atoms with Crippen LogP contribution in [-0.4, -0.2) is 11.8 Å². The first kappa shape index (κ1) is 22.5. The molecule has 1 atom stereocenters. The lowest BCUT2D eigenvalue weighted by Gasteiger charge is -2.22. The minimum atomic E-state index is -4.44. The largest absolute Gasteiger partial charge is 0.416 e. The standard InChI is InChI=1S/C22H25F3N2O2/c1-14(2)11-20(18-5-4-6-19(12-18)22(23,24)25)27-21(29)17-9-7-16(8-10-17)13-26-15(3)28/h4-10,12,14,20H,11,13H2,1-3H3,(H,26,28)(H,27,29). The maximum Gasteiger partial charge on any atom is 0.416 e. The van der Waals surface area contributed by atoms with Gasteiger partial charge in [-0.05, 0) is 47.7 Å². The zero-order valence-electron chi connectivity index (χ0n) is 16.6. The molecule has 2 N–H and O–H groups in total. The molecule has 0 spiro atoms. The summed E-state index contributed by atoms with van der Waals surface area (Å²) in [6, 6.07) is 11.2. The van der Waals surface area contributed by atoms with Crippen molar-refractivity contribution in [2.45, 2.75) is 46.0 Å². The van der Waals surface area contributed by atoms with Crippen molar-refractivity contribution in [3.63, 3.8) is 0 Å². The van der Waals surface area contributed by atoms with Gasteiger partial charge in [0.2, 0.25) is 5.91 Å². The second-order valence-corrected chi connectivity index (χ2v) is 7.39. The number of halogens is 3. The van der Waals surface area contributed by atoms with Gasteiger partial charge >= 0.3 is 6.18 Å².